The molecule has 0 radical (unpaired) electrons. The second-order valence-corrected chi connectivity index (χ2v) is 10.8. The third-order valence-corrected chi connectivity index (χ3v) is 7.82. The molecule has 0 saturated carbocycles. The number of sulfone groups is 1. The molecule has 0 unspecified atom stereocenters. The quantitative estimate of drug-likeness (QED) is 0.503. The van der Waals surface area contributed by atoms with E-state index >= 15 is 0 Å². The van der Waals surface area contributed by atoms with Crippen LogP contribution >= 0.6 is 0 Å². The summed E-state index contributed by atoms with van der Waals surface area (Å²) in [6.45, 7) is 3.41. The molecule has 0 aromatic heterocycles. The topological polar surface area (TPSA) is 107 Å². The van der Waals surface area contributed by atoms with Gasteiger partial charge in [-0.1, -0.05) is 30.3 Å². The van der Waals surface area contributed by atoms with Gasteiger partial charge in [0.25, 0.3) is 5.91 Å². The molecule has 0 atom stereocenters. The largest absolute Gasteiger partial charge is 0.379 e. The summed E-state index contributed by atoms with van der Waals surface area (Å²) < 4.78 is 54.9. The van der Waals surface area contributed by atoms with Crippen LogP contribution in [0.4, 0.5) is 0 Å². The standard InChI is InChI=1S/C23H23NO6S2/c1-17-8-9-18(2)22(16-17)32(28,29)30-20-12-10-19(11-13-20)23(25)24-14-15-31(26,27)21-6-4-3-5-7-21/h3-13,16H,14-15H2,1-2H3,(H,24,25). The van der Waals surface area contributed by atoms with Crippen molar-refractivity contribution in [3.05, 3.63) is 89.5 Å². The predicted molar refractivity (Wildman–Crippen MR) is 121 cm³/mol. The van der Waals surface area contributed by atoms with Crippen molar-refractivity contribution in [3.8, 4) is 5.75 Å². The Bertz CT molecular complexity index is 1320. The third kappa shape index (κ3) is 5.74. The van der Waals surface area contributed by atoms with Gasteiger partial charge in [-0.25, -0.2) is 8.42 Å². The van der Waals surface area contributed by atoms with E-state index in [0.29, 0.717) is 5.56 Å². The fraction of sp³-hybridized carbons (Fsp3) is 0.174. The van der Waals surface area contributed by atoms with E-state index in [1.165, 1.54) is 42.5 Å². The van der Waals surface area contributed by atoms with E-state index in [-0.39, 0.29) is 33.4 Å². The summed E-state index contributed by atoms with van der Waals surface area (Å²) in [6.07, 6.45) is 0. The Kier molecular flexibility index (Phi) is 7.00. The van der Waals surface area contributed by atoms with E-state index in [1.807, 2.05) is 6.07 Å². The highest BCUT2D eigenvalue weighted by Gasteiger charge is 2.20. The van der Waals surface area contributed by atoms with Gasteiger partial charge in [-0.2, -0.15) is 8.42 Å². The molecule has 7 nitrogen and oxygen atoms in total. The first kappa shape index (κ1) is 23.5. The molecule has 1 amide bonds. The average molecular weight is 474 g/mol. The van der Waals surface area contributed by atoms with Gasteiger partial charge < -0.3 is 9.50 Å². The minimum atomic E-state index is -4.02. The minimum Gasteiger partial charge on any atom is -0.379 e. The summed E-state index contributed by atoms with van der Waals surface area (Å²) in [5.74, 6) is -0.649. The first-order valence-electron chi connectivity index (χ1n) is 9.76. The molecule has 0 spiro atoms. The van der Waals surface area contributed by atoms with Crippen LogP contribution in [0.2, 0.25) is 0 Å². The molecule has 0 aliphatic carbocycles. The second kappa shape index (κ2) is 9.54. The van der Waals surface area contributed by atoms with Crippen LogP contribution in [0.5, 0.6) is 5.75 Å². The number of aryl methyl sites for hydroxylation is 2. The maximum atomic E-state index is 12.6. The molecule has 1 N–H and O–H groups in total. The number of rotatable bonds is 8. The van der Waals surface area contributed by atoms with Crippen LogP contribution in [0.1, 0.15) is 21.5 Å². The molecule has 0 saturated heterocycles. The van der Waals surface area contributed by atoms with Gasteiger partial charge in [0.05, 0.1) is 10.6 Å². The molecule has 3 aromatic carbocycles. The molecule has 3 rings (SSSR count). The normalized spacial score (nSPS) is 11.7. The number of carbonyl (C=O) groups excluding carboxylic acids is 1. The maximum Gasteiger partial charge on any atom is 0.339 e. The van der Waals surface area contributed by atoms with Crippen LogP contribution in [0.3, 0.4) is 0 Å². The maximum absolute atomic E-state index is 12.6. The van der Waals surface area contributed by atoms with E-state index in [4.69, 9.17) is 4.18 Å². The number of benzene rings is 3. The van der Waals surface area contributed by atoms with Crippen LogP contribution in [-0.4, -0.2) is 35.0 Å². The lowest BCUT2D eigenvalue weighted by Gasteiger charge is -2.11. The lowest BCUT2D eigenvalue weighted by atomic mass is 10.2. The van der Waals surface area contributed by atoms with Crippen LogP contribution in [0.15, 0.2) is 82.6 Å². The smallest absolute Gasteiger partial charge is 0.339 e. The Morgan fingerprint density at radius 1 is 0.875 bits per heavy atom. The van der Waals surface area contributed by atoms with Gasteiger partial charge >= 0.3 is 10.1 Å². The van der Waals surface area contributed by atoms with Gasteiger partial charge in [0.1, 0.15) is 10.6 Å². The van der Waals surface area contributed by atoms with E-state index < -0.39 is 25.9 Å². The third-order valence-electron chi connectivity index (χ3n) is 4.69. The zero-order valence-corrected chi connectivity index (χ0v) is 19.2. The van der Waals surface area contributed by atoms with Gasteiger partial charge in [-0.05, 0) is 67.4 Å². The van der Waals surface area contributed by atoms with Crippen molar-refractivity contribution in [2.45, 2.75) is 23.6 Å². The average Bonchev–Trinajstić information content (AvgIpc) is 2.76. The SMILES string of the molecule is Cc1ccc(C)c(S(=O)(=O)Oc2ccc(C(=O)NCCS(=O)(=O)c3ccccc3)cc2)c1. The summed E-state index contributed by atoms with van der Waals surface area (Å²) in [6, 6.07) is 18.6. The summed E-state index contributed by atoms with van der Waals surface area (Å²) in [7, 11) is -7.52. The Morgan fingerprint density at radius 3 is 2.19 bits per heavy atom. The minimum absolute atomic E-state index is 0.0602. The molecule has 0 aliphatic rings. The molecular formula is C23H23NO6S2. The van der Waals surface area contributed by atoms with Gasteiger partial charge in [0.2, 0.25) is 0 Å². The Balaban J connectivity index is 1.61. The van der Waals surface area contributed by atoms with Gasteiger partial charge in [0, 0.05) is 12.1 Å². The molecule has 0 aliphatic heterocycles. The van der Waals surface area contributed by atoms with Crippen molar-refractivity contribution in [2.75, 3.05) is 12.3 Å². The Morgan fingerprint density at radius 2 is 1.53 bits per heavy atom. The molecule has 9 heteroatoms. The molecule has 3 aromatic rings. The van der Waals surface area contributed by atoms with Gasteiger partial charge in [-0.15, -0.1) is 0 Å². The zero-order chi connectivity index (χ0) is 23.4. The van der Waals surface area contributed by atoms with Gasteiger partial charge in [-0.3, -0.25) is 4.79 Å². The summed E-state index contributed by atoms with van der Waals surface area (Å²) in [4.78, 5) is 12.6. The van der Waals surface area contributed by atoms with Crippen molar-refractivity contribution in [1.29, 1.82) is 0 Å². The molecule has 32 heavy (non-hydrogen) atoms. The van der Waals surface area contributed by atoms with Crippen molar-refractivity contribution >= 4 is 25.9 Å². The summed E-state index contributed by atoms with van der Waals surface area (Å²) in [5, 5.41) is 2.55. The molecule has 0 bridgehead atoms. The Labute approximate surface area is 188 Å². The first-order chi connectivity index (χ1) is 15.1. The van der Waals surface area contributed by atoms with Crippen LogP contribution in [-0.2, 0) is 20.0 Å². The molecular weight excluding hydrogens is 450 g/mol. The van der Waals surface area contributed by atoms with E-state index in [1.54, 1.807) is 38.1 Å². The lowest BCUT2D eigenvalue weighted by Crippen LogP contribution is -2.29. The molecule has 168 valence electrons. The number of nitrogens with one attached hydrogen (secondary N) is 1. The van der Waals surface area contributed by atoms with Crippen molar-refractivity contribution in [2.24, 2.45) is 0 Å². The first-order valence-corrected chi connectivity index (χ1v) is 12.8. The lowest BCUT2D eigenvalue weighted by molar-refractivity contribution is 0.0956. The fourth-order valence-corrected chi connectivity index (χ4v) is 5.38. The number of amides is 1. The number of hydrogen-bond donors (Lipinski definition) is 1. The van der Waals surface area contributed by atoms with Gasteiger partial charge in [0.15, 0.2) is 9.84 Å². The summed E-state index contributed by atoms with van der Waals surface area (Å²) in [5.41, 5.74) is 1.61. The predicted octanol–water partition coefficient (Wildman–Crippen LogP) is 3.27. The summed E-state index contributed by atoms with van der Waals surface area (Å²) >= 11 is 0. The number of carbonyl (C=O) groups is 1. The highest BCUT2D eigenvalue weighted by molar-refractivity contribution is 7.91. The van der Waals surface area contributed by atoms with E-state index in [2.05, 4.69) is 5.32 Å². The van der Waals surface area contributed by atoms with E-state index in [0.717, 1.165) is 5.56 Å². The Hall–Kier alpha value is -3.17. The van der Waals surface area contributed by atoms with Crippen molar-refractivity contribution in [1.82, 2.24) is 5.32 Å². The number of hydrogen-bond acceptors (Lipinski definition) is 6. The highest BCUT2D eigenvalue weighted by atomic mass is 32.2. The monoisotopic (exact) mass is 473 g/mol. The van der Waals surface area contributed by atoms with Crippen LogP contribution in [0.25, 0.3) is 0 Å². The zero-order valence-electron chi connectivity index (χ0n) is 17.6. The van der Waals surface area contributed by atoms with Crippen molar-refractivity contribution in [3.63, 3.8) is 0 Å². The van der Waals surface area contributed by atoms with E-state index in [9.17, 15) is 21.6 Å². The molecule has 0 fully saturated rings. The van der Waals surface area contributed by atoms with Crippen LogP contribution < -0.4 is 9.50 Å². The molecule has 0 heterocycles. The van der Waals surface area contributed by atoms with Crippen LogP contribution in [0, 0.1) is 13.8 Å². The fourth-order valence-electron chi connectivity index (χ4n) is 2.96. The van der Waals surface area contributed by atoms with Crippen molar-refractivity contribution < 1.29 is 25.8 Å². The second-order valence-electron chi connectivity index (χ2n) is 7.22. The highest BCUT2D eigenvalue weighted by Crippen LogP contribution is 2.22.